The molecule has 0 radical (unpaired) electrons. The van der Waals surface area contributed by atoms with Gasteiger partial charge < -0.3 is 20.8 Å². The third-order valence-electron chi connectivity index (χ3n) is 3.03. The Hall–Kier alpha value is -1.30. The number of carboxylic acids is 1. The minimum atomic E-state index is -1.43. The van der Waals surface area contributed by atoms with E-state index >= 15 is 0 Å². The van der Waals surface area contributed by atoms with E-state index in [9.17, 15) is 14.7 Å². The Bertz CT molecular complexity index is 311. The first-order valence-electron chi connectivity index (χ1n) is 5.73. The van der Waals surface area contributed by atoms with Gasteiger partial charge in [0.05, 0.1) is 12.0 Å². The Morgan fingerprint density at radius 2 is 2.00 bits per heavy atom. The largest absolute Gasteiger partial charge is 0.481 e. The summed E-state index contributed by atoms with van der Waals surface area (Å²) in [4.78, 5) is 22.0. The summed E-state index contributed by atoms with van der Waals surface area (Å²) in [5.41, 5.74) is -1.58. The maximum absolute atomic E-state index is 11.5. The predicted molar refractivity (Wildman–Crippen MR) is 61.7 cm³/mol. The van der Waals surface area contributed by atoms with Crippen LogP contribution in [0.5, 0.6) is 0 Å². The van der Waals surface area contributed by atoms with E-state index in [1.807, 2.05) is 6.92 Å². The first kappa shape index (κ1) is 13.8. The van der Waals surface area contributed by atoms with Crippen LogP contribution < -0.4 is 10.6 Å². The number of carboxylic acid groups (broad SMARTS) is 1. The van der Waals surface area contributed by atoms with Crippen molar-refractivity contribution < 1.29 is 19.8 Å². The topological polar surface area (TPSA) is 98.7 Å². The second-order valence-corrected chi connectivity index (χ2v) is 5.29. The Morgan fingerprint density at radius 1 is 1.41 bits per heavy atom. The Labute approximate surface area is 100 Å². The van der Waals surface area contributed by atoms with Gasteiger partial charge in [-0.05, 0) is 33.1 Å². The third kappa shape index (κ3) is 4.60. The molecule has 1 unspecified atom stereocenters. The number of hydrogen-bond acceptors (Lipinski definition) is 3. The molecule has 17 heavy (non-hydrogen) atoms. The normalized spacial score (nSPS) is 20.9. The fourth-order valence-electron chi connectivity index (χ4n) is 1.81. The molecule has 1 atom stereocenters. The second-order valence-electron chi connectivity index (χ2n) is 5.29. The molecule has 0 saturated heterocycles. The highest BCUT2D eigenvalue weighted by molar-refractivity contribution is 5.75. The number of nitrogens with one attached hydrogen (secondary N) is 2. The standard InChI is InChI=1S/C11H20N2O4/c1-10(4-3-5-10)13-9(16)12-7-11(2,17)6-8(14)15/h17H,3-7H2,1-2H3,(H,14,15)(H2,12,13,16). The third-order valence-corrected chi connectivity index (χ3v) is 3.03. The van der Waals surface area contributed by atoms with Crippen molar-refractivity contribution in [2.24, 2.45) is 0 Å². The highest BCUT2D eigenvalue weighted by atomic mass is 16.4. The van der Waals surface area contributed by atoms with Crippen LogP contribution in [0.1, 0.15) is 39.5 Å². The monoisotopic (exact) mass is 244 g/mol. The van der Waals surface area contributed by atoms with Crippen molar-refractivity contribution in [2.75, 3.05) is 6.54 Å². The number of urea groups is 1. The molecule has 6 heteroatoms. The Kier molecular flexibility index (Phi) is 3.98. The summed E-state index contributed by atoms with van der Waals surface area (Å²) in [5.74, 6) is -1.09. The smallest absolute Gasteiger partial charge is 0.315 e. The molecule has 0 aliphatic heterocycles. The zero-order chi connectivity index (χ0) is 13.1. The molecule has 1 rings (SSSR count). The lowest BCUT2D eigenvalue weighted by Crippen LogP contribution is -2.56. The molecule has 6 nitrogen and oxygen atoms in total. The van der Waals surface area contributed by atoms with E-state index in [1.165, 1.54) is 6.92 Å². The first-order valence-corrected chi connectivity index (χ1v) is 5.73. The van der Waals surface area contributed by atoms with Crippen molar-refractivity contribution in [1.29, 1.82) is 0 Å². The van der Waals surface area contributed by atoms with E-state index in [0.717, 1.165) is 19.3 Å². The molecule has 4 N–H and O–H groups in total. The summed E-state index contributed by atoms with van der Waals surface area (Å²) in [6.07, 6.45) is 2.61. The van der Waals surface area contributed by atoms with Crippen LogP contribution in [0.25, 0.3) is 0 Å². The van der Waals surface area contributed by atoms with Gasteiger partial charge >= 0.3 is 12.0 Å². The summed E-state index contributed by atoms with van der Waals surface area (Å²) in [7, 11) is 0. The average molecular weight is 244 g/mol. The second kappa shape index (κ2) is 4.91. The van der Waals surface area contributed by atoms with Gasteiger partial charge in [0, 0.05) is 12.1 Å². The van der Waals surface area contributed by atoms with Gasteiger partial charge in [-0.1, -0.05) is 0 Å². The van der Waals surface area contributed by atoms with E-state index < -0.39 is 18.0 Å². The van der Waals surface area contributed by atoms with Gasteiger partial charge in [-0.2, -0.15) is 0 Å². The van der Waals surface area contributed by atoms with Gasteiger partial charge in [0.2, 0.25) is 0 Å². The quantitative estimate of drug-likeness (QED) is 0.564. The number of carbonyl (C=O) groups excluding carboxylic acids is 1. The lowest BCUT2D eigenvalue weighted by Gasteiger charge is -2.39. The minimum absolute atomic E-state index is 0.0821. The summed E-state index contributed by atoms with van der Waals surface area (Å²) >= 11 is 0. The van der Waals surface area contributed by atoms with Crippen molar-refractivity contribution in [1.82, 2.24) is 10.6 Å². The van der Waals surface area contributed by atoms with E-state index in [-0.39, 0.29) is 18.1 Å². The molecule has 1 aliphatic carbocycles. The van der Waals surface area contributed by atoms with Crippen LogP contribution in [0.3, 0.4) is 0 Å². The maximum Gasteiger partial charge on any atom is 0.315 e. The van der Waals surface area contributed by atoms with Crippen LogP contribution in [0.2, 0.25) is 0 Å². The summed E-state index contributed by atoms with van der Waals surface area (Å²) in [5, 5.41) is 23.5. The molecule has 2 amide bonds. The maximum atomic E-state index is 11.5. The SMILES string of the molecule is CC(O)(CNC(=O)NC1(C)CCC1)CC(=O)O. The van der Waals surface area contributed by atoms with Gasteiger partial charge in [-0.25, -0.2) is 4.79 Å². The molecule has 0 aromatic carbocycles. The van der Waals surface area contributed by atoms with E-state index in [2.05, 4.69) is 10.6 Å². The van der Waals surface area contributed by atoms with Crippen LogP contribution in [0.15, 0.2) is 0 Å². The van der Waals surface area contributed by atoms with Crippen LogP contribution in [-0.2, 0) is 4.79 Å². The van der Waals surface area contributed by atoms with Crippen molar-refractivity contribution in [3.63, 3.8) is 0 Å². The van der Waals surface area contributed by atoms with E-state index in [0.29, 0.717) is 0 Å². The molecule has 0 heterocycles. The van der Waals surface area contributed by atoms with Gasteiger partial charge in [0.1, 0.15) is 0 Å². The number of aliphatic carboxylic acids is 1. The minimum Gasteiger partial charge on any atom is -0.481 e. The van der Waals surface area contributed by atoms with E-state index in [4.69, 9.17) is 5.11 Å². The molecule has 1 saturated carbocycles. The molecule has 98 valence electrons. The lowest BCUT2D eigenvalue weighted by molar-refractivity contribution is -0.141. The zero-order valence-electron chi connectivity index (χ0n) is 10.2. The molecule has 0 aromatic heterocycles. The number of amides is 2. The van der Waals surface area contributed by atoms with E-state index in [1.54, 1.807) is 0 Å². The summed E-state index contributed by atoms with van der Waals surface area (Å²) < 4.78 is 0. The zero-order valence-corrected chi connectivity index (χ0v) is 10.2. The van der Waals surface area contributed by atoms with Gasteiger partial charge in [0.15, 0.2) is 0 Å². The lowest BCUT2D eigenvalue weighted by atomic mass is 9.79. The average Bonchev–Trinajstić information content (AvgIpc) is 2.10. The number of aliphatic hydroxyl groups is 1. The van der Waals surface area contributed by atoms with Crippen molar-refractivity contribution in [2.45, 2.75) is 50.7 Å². The van der Waals surface area contributed by atoms with Gasteiger partial charge in [-0.15, -0.1) is 0 Å². The Balaban J connectivity index is 2.29. The molecule has 1 fully saturated rings. The fraction of sp³-hybridized carbons (Fsp3) is 0.818. The molecule has 0 bridgehead atoms. The van der Waals surface area contributed by atoms with Gasteiger partial charge in [0.25, 0.3) is 0 Å². The number of carbonyl (C=O) groups is 2. The predicted octanol–water partition coefficient (Wildman–Crippen LogP) is 0.454. The van der Waals surface area contributed by atoms with Crippen molar-refractivity contribution in [3.8, 4) is 0 Å². The fourth-order valence-corrected chi connectivity index (χ4v) is 1.81. The van der Waals surface area contributed by atoms with Crippen LogP contribution in [0, 0.1) is 0 Å². The van der Waals surface area contributed by atoms with Gasteiger partial charge in [-0.3, -0.25) is 4.79 Å². The Morgan fingerprint density at radius 3 is 2.41 bits per heavy atom. The van der Waals surface area contributed by atoms with Crippen molar-refractivity contribution >= 4 is 12.0 Å². The van der Waals surface area contributed by atoms with Crippen LogP contribution >= 0.6 is 0 Å². The highest BCUT2D eigenvalue weighted by Crippen LogP contribution is 2.30. The molecule has 1 aliphatic rings. The number of hydrogen-bond donors (Lipinski definition) is 4. The van der Waals surface area contributed by atoms with Crippen LogP contribution in [0.4, 0.5) is 4.79 Å². The molecule has 0 spiro atoms. The first-order chi connectivity index (χ1) is 7.72. The molecular weight excluding hydrogens is 224 g/mol. The highest BCUT2D eigenvalue weighted by Gasteiger charge is 2.33. The summed E-state index contributed by atoms with van der Waals surface area (Å²) in [6, 6.07) is -0.363. The summed E-state index contributed by atoms with van der Waals surface area (Å²) in [6.45, 7) is 3.26. The van der Waals surface area contributed by atoms with Crippen LogP contribution in [-0.4, -0.2) is 39.9 Å². The number of rotatable bonds is 5. The van der Waals surface area contributed by atoms with Crippen molar-refractivity contribution in [3.05, 3.63) is 0 Å². The molecule has 0 aromatic rings. The molecular formula is C11H20N2O4.